The summed E-state index contributed by atoms with van der Waals surface area (Å²) in [6.07, 6.45) is 1.06. The van der Waals surface area contributed by atoms with E-state index in [0.29, 0.717) is 12.4 Å². The summed E-state index contributed by atoms with van der Waals surface area (Å²) in [6.45, 7) is 0. The number of hydrogen-bond acceptors (Lipinski definition) is 11. The Hall–Kier alpha value is -4.53. The van der Waals surface area contributed by atoms with E-state index in [1.54, 1.807) is 0 Å². The van der Waals surface area contributed by atoms with Crippen molar-refractivity contribution in [3.63, 3.8) is 0 Å². The lowest BCUT2D eigenvalue weighted by Gasteiger charge is -2.06. The van der Waals surface area contributed by atoms with E-state index < -0.39 is 70.0 Å². The monoisotopic (exact) mass is 441 g/mol. The molecular formula is C14H6ClN4O11-. The van der Waals surface area contributed by atoms with E-state index in [-0.39, 0.29) is 12.4 Å². The lowest BCUT2D eigenvalue weighted by Crippen LogP contribution is -3.00. The fourth-order valence-corrected chi connectivity index (χ4v) is 1.76. The van der Waals surface area contributed by atoms with Crippen LogP contribution >= 0.6 is 0 Å². The van der Waals surface area contributed by atoms with Gasteiger partial charge in [-0.3, -0.25) is 0 Å². The number of esters is 2. The maximum absolute atomic E-state index is 12.0. The van der Waals surface area contributed by atoms with Crippen LogP contribution in [0.25, 0.3) is 0 Å². The molecule has 0 amide bonds. The minimum atomic E-state index is -1.86. The normalized spacial score (nSPS) is 9.73. The van der Waals surface area contributed by atoms with E-state index >= 15 is 0 Å². The molecule has 0 aliphatic carbocycles. The summed E-state index contributed by atoms with van der Waals surface area (Å²) in [5.41, 5.74) is -6.02. The Kier molecular flexibility index (Phi) is 7.14. The standard InChI is InChI=1S/C14H6N4O11.ClH/c19-9(20)3-1-15-7(5(17-3)11(23)24)13(27)29-14(28)8-6(12(25)26)18-4(2-16-8)10(21)22;/h1-2H,(H,19,20)(H,21,22)(H,23,24)(H,25,26);1H/p-1. The van der Waals surface area contributed by atoms with Crippen LogP contribution in [0.2, 0.25) is 0 Å². The lowest BCUT2D eigenvalue weighted by atomic mass is 10.2. The highest BCUT2D eigenvalue weighted by Gasteiger charge is 2.29. The minimum absolute atomic E-state index is 0. The second-order valence-electron chi connectivity index (χ2n) is 4.80. The van der Waals surface area contributed by atoms with Crippen LogP contribution < -0.4 is 12.4 Å². The molecule has 0 aliphatic rings. The molecule has 15 nitrogen and oxygen atoms in total. The molecule has 0 fully saturated rings. The number of nitrogens with zero attached hydrogens (tertiary/aromatic N) is 4. The quantitative estimate of drug-likeness (QED) is 0.247. The number of carbonyl (C=O) groups excluding carboxylic acids is 2. The van der Waals surface area contributed by atoms with E-state index in [1.165, 1.54) is 0 Å². The van der Waals surface area contributed by atoms with Gasteiger partial charge in [-0.15, -0.1) is 0 Å². The molecule has 0 atom stereocenters. The SMILES string of the molecule is O=C(O)c1cnc(C(=O)OC(=O)c2ncc(C(=O)O)nc2C(=O)O)c(C(=O)O)n1.[Cl-]. The maximum Gasteiger partial charge on any atom is 0.367 e. The molecule has 156 valence electrons. The first kappa shape index (κ1) is 23.5. The van der Waals surface area contributed by atoms with Gasteiger partial charge < -0.3 is 37.6 Å². The second-order valence-corrected chi connectivity index (χ2v) is 4.80. The van der Waals surface area contributed by atoms with Crippen LogP contribution in [0.1, 0.15) is 62.9 Å². The Balaban J connectivity index is 0.00000450. The van der Waals surface area contributed by atoms with Crippen LogP contribution in [-0.2, 0) is 4.74 Å². The van der Waals surface area contributed by atoms with Crippen LogP contribution in [0.15, 0.2) is 12.4 Å². The number of hydrogen-bond donors (Lipinski definition) is 4. The Bertz CT molecular complexity index is 1020. The van der Waals surface area contributed by atoms with Crippen molar-refractivity contribution in [2.45, 2.75) is 0 Å². The van der Waals surface area contributed by atoms with Gasteiger partial charge in [-0.2, -0.15) is 0 Å². The number of rotatable bonds is 6. The third-order valence-corrected chi connectivity index (χ3v) is 2.96. The summed E-state index contributed by atoms with van der Waals surface area (Å²) in [6, 6.07) is 0. The third-order valence-electron chi connectivity index (χ3n) is 2.96. The first-order valence-corrected chi connectivity index (χ1v) is 6.96. The highest BCUT2D eigenvalue weighted by Crippen LogP contribution is 2.11. The van der Waals surface area contributed by atoms with Crippen LogP contribution in [0.3, 0.4) is 0 Å². The van der Waals surface area contributed by atoms with Crippen LogP contribution in [0, 0.1) is 0 Å². The molecule has 30 heavy (non-hydrogen) atoms. The molecule has 0 unspecified atom stereocenters. The second kappa shape index (κ2) is 9.11. The zero-order valence-corrected chi connectivity index (χ0v) is 14.7. The van der Waals surface area contributed by atoms with E-state index in [0.717, 1.165) is 0 Å². The fourth-order valence-electron chi connectivity index (χ4n) is 1.76. The summed E-state index contributed by atoms with van der Waals surface area (Å²) >= 11 is 0. The van der Waals surface area contributed by atoms with Crippen molar-refractivity contribution in [3.8, 4) is 0 Å². The number of aromatic carboxylic acids is 4. The third kappa shape index (κ3) is 4.84. The van der Waals surface area contributed by atoms with E-state index in [2.05, 4.69) is 24.7 Å². The smallest absolute Gasteiger partial charge is 0.367 e. The number of carboxylic acid groups (broad SMARTS) is 4. The Morgan fingerprint density at radius 2 is 0.933 bits per heavy atom. The lowest BCUT2D eigenvalue weighted by molar-refractivity contribution is -0.000100. The molecular weight excluding hydrogens is 436 g/mol. The summed E-state index contributed by atoms with van der Waals surface area (Å²) in [5.74, 6) is -10.4. The van der Waals surface area contributed by atoms with Crippen molar-refractivity contribution in [1.82, 2.24) is 19.9 Å². The number of halogens is 1. The molecule has 0 aromatic carbocycles. The molecule has 4 N–H and O–H groups in total. The van der Waals surface area contributed by atoms with Crippen molar-refractivity contribution in [1.29, 1.82) is 0 Å². The first-order valence-electron chi connectivity index (χ1n) is 6.96. The van der Waals surface area contributed by atoms with Crippen molar-refractivity contribution in [2.75, 3.05) is 0 Å². The molecule has 0 radical (unpaired) electrons. The van der Waals surface area contributed by atoms with Gasteiger partial charge in [0.05, 0.1) is 12.4 Å². The summed E-state index contributed by atoms with van der Waals surface area (Å²) < 4.78 is 4.30. The van der Waals surface area contributed by atoms with E-state index in [1.807, 2.05) is 0 Å². The Morgan fingerprint density at radius 3 is 1.20 bits per heavy atom. The van der Waals surface area contributed by atoms with Crippen molar-refractivity contribution in [2.24, 2.45) is 0 Å². The van der Waals surface area contributed by atoms with Gasteiger partial charge in [0.2, 0.25) is 0 Å². The number of carboxylic acids is 4. The van der Waals surface area contributed by atoms with Gasteiger partial charge in [-0.05, 0) is 0 Å². The Morgan fingerprint density at radius 1 is 0.600 bits per heavy atom. The average molecular weight is 442 g/mol. The van der Waals surface area contributed by atoms with Crippen LogP contribution in [0.5, 0.6) is 0 Å². The van der Waals surface area contributed by atoms with Crippen molar-refractivity contribution < 1.29 is 66.3 Å². The molecule has 0 saturated heterocycles. The highest BCUT2D eigenvalue weighted by molar-refractivity contribution is 6.08. The molecule has 0 spiro atoms. The predicted octanol–water partition coefficient (Wildman–Crippen LogP) is -3.94. The molecule has 2 rings (SSSR count). The molecule has 0 aliphatic heterocycles. The highest BCUT2D eigenvalue weighted by atomic mass is 35.5. The van der Waals surface area contributed by atoms with Gasteiger partial charge >= 0.3 is 35.8 Å². The average Bonchev–Trinajstić information content (AvgIpc) is 2.66. The van der Waals surface area contributed by atoms with Gasteiger partial charge in [0.15, 0.2) is 34.2 Å². The number of ether oxygens (including phenoxy) is 1. The summed E-state index contributed by atoms with van der Waals surface area (Å²) in [4.78, 5) is 81.0. The van der Waals surface area contributed by atoms with Crippen LogP contribution in [0.4, 0.5) is 0 Å². The maximum atomic E-state index is 12.0. The molecule has 0 saturated carbocycles. The molecule has 2 heterocycles. The van der Waals surface area contributed by atoms with Gasteiger partial charge in [0, 0.05) is 0 Å². The molecule has 16 heteroatoms. The fraction of sp³-hybridized carbons (Fsp3) is 0. The summed E-state index contributed by atoms with van der Waals surface area (Å²) in [5, 5.41) is 35.6. The van der Waals surface area contributed by atoms with Gasteiger partial charge in [-0.25, -0.2) is 48.7 Å². The topological polar surface area (TPSA) is 244 Å². The van der Waals surface area contributed by atoms with Crippen molar-refractivity contribution in [3.05, 3.63) is 46.6 Å². The molecule has 2 aromatic heterocycles. The van der Waals surface area contributed by atoms with E-state index in [4.69, 9.17) is 20.4 Å². The number of carbonyl (C=O) groups is 6. The predicted molar refractivity (Wildman–Crippen MR) is 81.6 cm³/mol. The zero-order chi connectivity index (χ0) is 21.9. The van der Waals surface area contributed by atoms with Crippen LogP contribution in [-0.4, -0.2) is 76.2 Å². The number of aromatic nitrogens is 4. The van der Waals surface area contributed by atoms with Crippen molar-refractivity contribution >= 4 is 35.8 Å². The molecule has 0 bridgehead atoms. The zero-order valence-electron chi connectivity index (χ0n) is 14.0. The van der Waals surface area contributed by atoms with Gasteiger partial charge in [0.25, 0.3) is 0 Å². The largest absolute Gasteiger partial charge is 1.00 e. The first-order chi connectivity index (χ1) is 13.5. The Labute approximate surface area is 169 Å². The van der Waals surface area contributed by atoms with Gasteiger partial charge in [0.1, 0.15) is 0 Å². The van der Waals surface area contributed by atoms with Gasteiger partial charge in [-0.1, -0.05) is 0 Å². The van der Waals surface area contributed by atoms with E-state index in [9.17, 15) is 28.8 Å². The summed E-state index contributed by atoms with van der Waals surface area (Å²) in [7, 11) is 0. The minimum Gasteiger partial charge on any atom is -1.00 e. The molecule has 2 aromatic rings.